The van der Waals surface area contributed by atoms with Gasteiger partial charge < -0.3 is 34.9 Å². The Bertz CT molecular complexity index is 1240. The molecule has 260 valence electrons. The zero-order valence-electron chi connectivity index (χ0n) is 29.9. The Labute approximate surface area is 276 Å². The molecule has 2 aliphatic heterocycles. The van der Waals surface area contributed by atoms with Crippen molar-refractivity contribution in [3.8, 4) is 0 Å². The van der Waals surface area contributed by atoms with Crippen LogP contribution in [0.15, 0.2) is 0 Å². The van der Waals surface area contributed by atoms with Crippen LogP contribution >= 0.6 is 0 Å². The molecule has 2 spiro atoms. The lowest BCUT2D eigenvalue weighted by atomic mass is 9.41. The molecule has 13 atom stereocenters. The predicted molar refractivity (Wildman–Crippen MR) is 175 cm³/mol. The van der Waals surface area contributed by atoms with E-state index in [2.05, 4.69) is 59.1 Å². The fraction of sp³-hybridized carbons (Fsp3) is 0.946. The van der Waals surface area contributed by atoms with Crippen LogP contribution in [0.4, 0.5) is 9.59 Å². The maximum absolute atomic E-state index is 12.8. The van der Waals surface area contributed by atoms with Gasteiger partial charge in [-0.1, -0.05) is 48.5 Å². The van der Waals surface area contributed by atoms with Crippen LogP contribution in [-0.2, 0) is 14.2 Å². The Morgan fingerprint density at radius 1 is 1.00 bits per heavy atom. The van der Waals surface area contributed by atoms with Crippen LogP contribution in [0.2, 0.25) is 0 Å². The van der Waals surface area contributed by atoms with E-state index < -0.39 is 6.10 Å². The number of fused-ring (bicyclic) bond motifs is 4. The second-order valence-electron chi connectivity index (χ2n) is 18.4. The van der Waals surface area contributed by atoms with Gasteiger partial charge in [0.15, 0.2) is 0 Å². The van der Waals surface area contributed by atoms with Crippen molar-refractivity contribution in [1.29, 1.82) is 0 Å². The molecule has 0 bridgehead atoms. The highest BCUT2D eigenvalue weighted by atomic mass is 16.6. The Morgan fingerprint density at radius 3 is 2.30 bits per heavy atom. The Kier molecular flexibility index (Phi) is 7.67. The second-order valence-corrected chi connectivity index (χ2v) is 18.4. The first-order valence-corrected chi connectivity index (χ1v) is 18.4. The number of nitrogens with zero attached hydrogens (tertiary/aromatic N) is 1. The Morgan fingerprint density at radius 2 is 1.67 bits per heavy atom. The van der Waals surface area contributed by atoms with Crippen LogP contribution in [0.3, 0.4) is 0 Å². The molecule has 5 saturated carbocycles. The molecule has 0 aromatic carbocycles. The van der Waals surface area contributed by atoms with Crippen LogP contribution < -0.4 is 10.6 Å². The monoisotopic (exact) mass is 643 g/mol. The van der Waals surface area contributed by atoms with Crippen molar-refractivity contribution in [2.75, 3.05) is 27.2 Å². The van der Waals surface area contributed by atoms with Gasteiger partial charge in [-0.2, -0.15) is 0 Å². The molecular weight excluding hydrogens is 582 g/mol. The average molecular weight is 644 g/mol. The van der Waals surface area contributed by atoms with Gasteiger partial charge in [0.1, 0.15) is 12.2 Å². The first kappa shape index (κ1) is 32.9. The number of rotatable bonds is 5. The third kappa shape index (κ3) is 4.28. The van der Waals surface area contributed by atoms with E-state index in [-0.39, 0.29) is 81.6 Å². The van der Waals surface area contributed by atoms with Crippen LogP contribution in [0.25, 0.3) is 0 Å². The highest BCUT2D eigenvalue weighted by Gasteiger charge is 2.84. The van der Waals surface area contributed by atoms with Crippen molar-refractivity contribution in [2.45, 2.75) is 136 Å². The number of carbonyl (C=O) groups excluding carboxylic acids is 2. The number of aliphatic hydroxyl groups is 1. The third-order valence-corrected chi connectivity index (χ3v) is 15.7. The number of carbonyl (C=O) groups is 2. The second kappa shape index (κ2) is 10.7. The number of amides is 2. The summed E-state index contributed by atoms with van der Waals surface area (Å²) in [5.41, 5.74) is 0.146. The molecule has 2 saturated heterocycles. The molecule has 9 nitrogen and oxygen atoms in total. The quantitative estimate of drug-likeness (QED) is 0.359. The van der Waals surface area contributed by atoms with Gasteiger partial charge in [0.25, 0.3) is 0 Å². The van der Waals surface area contributed by atoms with Crippen molar-refractivity contribution < 1.29 is 28.9 Å². The number of hydrogen-bond acceptors (Lipinski definition) is 7. The number of nitrogens with one attached hydrogen (secondary N) is 2. The van der Waals surface area contributed by atoms with E-state index in [9.17, 15) is 14.7 Å². The maximum Gasteiger partial charge on any atom is 0.409 e. The van der Waals surface area contributed by atoms with E-state index >= 15 is 0 Å². The summed E-state index contributed by atoms with van der Waals surface area (Å²) in [4.78, 5) is 26.9. The van der Waals surface area contributed by atoms with E-state index in [4.69, 9.17) is 14.2 Å². The van der Waals surface area contributed by atoms with Crippen LogP contribution in [-0.4, -0.2) is 85.9 Å². The molecule has 2 heterocycles. The molecule has 3 N–H and O–H groups in total. The maximum atomic E-state index is 12.8. The van der Waals surface area contributed by atoms with Crippen molar-refractivity contribution in [3.05, 3.63) is 0 Å². The molecule has 0 aromatic heterocycles. The van der Waals surface area contributed by atoms with E-state index in [1.807, 2.05) is 0 Å². The first-order valence-electron chi connectivity index (χ1n) is 18.4. The highest BCUT2D eigenvalue weighted by Crippen LogP contribution is 2.89. The molecular formula is C37H61N3O6. The van der Waals surface area contributed by atoms with Gasteiger partial charge in [-0.3, -0.25) is 0 Å². The summed E-state index contributed by atoms with van der Waals surface area (Å²) < 4.78 is 19.1. The molecule has 9 heteroatoms. The normalized spacial score (nSPS) is 49.2. The summed E-state index contributed by atoms with van der Waals surface area (Å²) in [7, 11) is 3.43. The Hall–Kier alpha value is -1.58. The van der Waals surface area contributed by atoms with Gasteiger partial charge in [0.2, 0.25) is 0 Å². The SMILES string of the molecule is CC(C)[C@@H](OC(=O)N(C)C)C1C[C@@H](C)[C@H]2C(O1)[C@H](O)[C@@]1(C)C3CC[C@H]4C(C)(C)[C@@H](OC(=O)NC5CNC5)CCC45C[C@@]35CC[C@]21C. The standard InChI is InChI=1S/C37H61N3O6/c1-20(2)28(46-32(43)40(8)9)23-16-21(3)27-29(44-23)30(41)35(7)25-11-10-24-33(4,5)26(45-31(42)39-22-17-38-18-22)12-13-36(24)19-37(25,36)15-14-34(27,35)6/h20-30,38,41H,10-19H2,1-9H3,(H,39,42)/t21-,23?,24+,25?,26+,27+,28-,29?,30+,34-,35-,36?,37+/m1/s1. The summed E-state index contributed by atoms with van der Waals surface area (Å²) in [6.45, 7) is 17.8. The number of aliphatic hydroxyl groups excluding tert-OH is 1. The minimum atomic E-state index is -0.557. The molecule has 7 rings (SSSR count). The lowest BCUT2D eigenvalue weighted by Gasteiger charge is -2.63. The summed E-state index contributed by atoms with van der Waals surface area (Å²) in [6.07, 6.45) is 6.61. The van der Waals surface area contributed by atoms with Gasteiger partial charge in [-0.25, -0.2) is 9.59 Å². The molecule has 5 aliphatic carbocycles. The van der Waals surface area contributed by atoms with E-state index in [1.54, 1.807) is 14.1 Å². The molecule has 0 aromatic rings. The molecule has 46 heavy (non-hydrogen) atoms. The largest absolute Gasteiger partial charge is 0.446 e. The fourth-order valence-electron chi connectivity index (χ4n) is 13.3. The average Bonchev–Trinajstić information content (AvgIpc) is 3.59. The van der Waals surface area contributed by atoms with Crippen molar-refractivity contribution in [1.82, 2.24) is 15.5 Å². The number of alkyl carbamates (subject to hydrolysis) is 1. The fourth-order valence-corrected chi connectivity index (χ4v) is 13.3. The topological polar surface area (TPSA) is 109 Å². The molecule has 7 fully saturated rings. The van der Waals surface area contributed by atoms with Crippen LogP contribution in [0.1, 0.15) is 99.8 Å². The molecule has 4 unspecified atom stereocenters. The van der Waals surface area contributed by atoms with Crippen molar-refractivity contribution >= 4 is 12.2 Å². The van der Waals surface area contributed by atoms with Crippen LogP contribution in [0.5, 0.6) is 0 Å². The molecule has 7 aliphatic rings. The smallest absolute Gasteiger partial charge is 0.409 e. The number of hydrogen-bond donors (Lipinski definition) is 3. The Balaban J connectivity index is 1.13. The van der Waals surface area contributed by atoms with E-state index in [0.29, 0.717) is 17.8 Å². The van der Waals surface area contributed by atoms with E-state index in [1.165, 1.54) is 17.7 Å². The number of ether oxygens (including phenoxy) is 3. The van der Waals surface area contributed by atoms with Crippen molar-refractivity contribution in [3.63, 3.8) is 0 Å². The third-order valence-electron chi connectivity index (χ3n) is 15.7. The lowest BCUT2D eigenvalue weighted by Crippen LogP contribution is -2.60. The molecule has 2 amide bonds. The first-order chi connectivity index (χ1) is 21.5. The van der Waals surface area contributed by atoms with Crippen molar-refractivity contribution in [2.24, 2.45) is 56.7 Å². The van der Waals surface area contributed by atoms with E-state index in [0.717, 1.165) is 51.6 Å². The van der Waals surface area contributed by atoms with Gasteiger partial charge in [-0.15, -0.1) is 0 Å². The zero-order chi connectivity index (χ0) is 33.2. The molecule has 0 radical (unpaired) electrons. The summed E-state index contributed by atoms with van der Waals surface area (Å²) in [5, 5.41) is 18.8. The summed E-state index contributed by atoms with van der Waals surface area (Å²) >= 11 is 0. The van der Waals surface area contributed by atoms with Gasteiger partial charge in [-0.05, 0) is 97.2 Å². The van der Waals surface area contributed by atoms with Gasteiger partial charge >= 0.3 is 12.2 Å². The lowest BCUT2D eigenvalue weighted by molar-refractivity contribution is -0.185. The summed E-state index contributed by atoms with van der Waals surface area (Å²) in [6, 6.07) is 0.179. The predicted octanol–water partition coefficient (Wildman–Crippen LogP) is 5.59. The zero-order valence-corrected chi connectivity index (χ0v) is 29.9. The van der Waals surface area contributed by atoms with Crippen LogP contribution in [0, 0.1) is 56.7 Å². The summed E-state index contributed by atoms with van der Waals surface area (Å²) in [5.74, 6) is 1.70. The highest BCUT2D eigenvalue weighted by molar-refractivity contribution is 5.68. The minimum Gasteiger partial charge on any atom is -0.446 e. The van der Waals surface area contributed by atoms with Gasteiger partial charge in [0.05, 0.1) is 24.4 Å². The van der Waals surface area contributed by atoms with Gasteiger partial charge in [0, 0.05) is 38.0 Å². The minimum absolute atomic E-state index is 0.0219.